The van der Waals surface area contributed by atoms with E-state index in [2.05, 4.69) is 22.8 Å². The number of hydrogen-bond acceptors (Lipinski definition) is 6. The highest BCUT2D eigenvalue weighted by Gasteiger charge is 2.10. The van der Waals surface area contributed by atoms with Gasteiger partial charge in [-0.2, -0.15) is 0 Å². The number of aliphatic hydroxyl groups excluding tert-OH is 1. The zero-order chi connectivity index (χ0) is 28.4. The third kappa shape index (κ3) is 7.17. The number of fused-ring (bicyclic) bond motifs is 2. The van der Waals surface area contributed by atoms with Gasteiger partial charge in [-0.3, -0.25) is 5.32 Å². The van der Waals surface area contributed by atoms with Gasteiger partial charge in [0.25, 0.3) is 0 Å². The number of ether oxygens (including phenoxy) is 1. The van der Waals surface area contributed by atoms with Gasteiger partial charge < -0.3 is 20.9 Å². The summed E-state index contributed by atoms with van der Waals surface area (Å²) in [4.78, 5) is 16.2. The van der Waals surface area contributed by atoms with Crippen molar-refractivity contribution in [2.75, 3.05) is 16.4 Å². The van der Waals surface area contributed by atoms with Crippen molar-refractivity contribution < 1.29 is 14.6 Å². The number of amides is 1. The SMILES string of the molecule is Nc1cc(CO)cc(Nc2c3ccccc3nc3ccccc23)c1.O=C(Nc1ccccc1)OCc1ccccc1. The first-order chi connectivity index (χ1) is 20.1. The highest BCUT2D eigenvalue weighted by molar-refractivity contribution is 6.08. The van der Waals surface area contributed by atoms with Crippen LogP contribution in [0.4, 0.5) is 27.5 Å². The summed E-state index contributed by atoms with van der Waals surface area (Å²) >= 11 is 0. The number of nitrogens with zero attached hydrogens (tertiary/aromatic N) is 1. The quantitative estimate of drug-likeness (QED) is 0.127. The number of nitrogens with two attached hydrogens (primary N) is 1. The molecule has 0 saturated carbocycles. The van der Waals surface area contributed by atoms with Crippen molar-refractivity contribution in [2.24, 2.45) is 0 Å². The van der Waals surface area contributed by atoms with E-state index in [4.69, 9.17) is 15.5 Å². The van der Waals surface area contributed by atoms with E-state index in [0.717, 1.165) is 50.0 Å². The van der Waals surface area contributed by atoms with E-state index < -0.39 is 6.09 Å². The highest BCUT2D eigenvalue weighted by atomic mass is 16.5. The molecule has 7 nitrogen and oxygen atoms in total. The van der Waals surface area contributed by atoms with Crippen molar-refractivity contribution in [1.29, 1.82) is 0 Å². The van der Waals surface area contributed by atoms with Gasteiger partial charge in [-0.1, -0.05) is 84.9 Å². The first kappa shape index (κ1) is 27.2. The fraction of sp³-hybridized carbons (Fsp3) is 0.0588. The van der Waals surface area contributed by atoms with Crippen LogP contribution in [-0.4, -0.2) is 16.2 Å². The lowest BCUT2D eigenvalue weighted by atomic mass is 10.1. The second-order valence-corrected chi connectivity index (χ2v) is 9.32. The summed E-state index contributed by atoms with van der Waals surface area (Å²) in [7, 11) is 0. The van der Waals surface area contributed by atoms with Gasteiger partial charge in [0, 0.05) is 27.8 Å². The van der Waals surface area contributed by atoms with Crippen molar-refractivity contribution in [3.05, 3.63) is 139 Å². The van der Waals surface area contributed by atoms with E-state index in [0.29, 0.717) is 5.69 Å². The topological polar surface area (TPSA) is 110 Å². The predicted octanol–water partition coefficient (Wildman–Crippen LogP) is 7.64. The maximum atomic E-state index is 11.5. The molecule has 0 aliphatic rings. The van der Waals surface area contributed by atoms with Gasteiger partial charge in [0.15, 0.2) is 0 Å². The normalized spacial score (nSPS) is 10.5. The van der Waals surface area contributed by atoms with Crippen LogP contribution >= 0.6 is 0 Å². The number of nitrogen functional groups attached to an aromatic ring is 1. The lowest BCUT2D eigenvalue weighted by molar-refractivity contribution is 0.155. The van der Waals surface area contributed by atoms with Crippen LogP contribution < -0.4 is 16.4 Å². The molecule has 0 aliphatic carbocycles. The number of nitrogens with one attached hydrogen (secondary N) is 2. The van der Waals surface area contributed by atoms with Crippen molar-refractivity contribution in [2.45, 2.75) is 13.2 Å². The summed E-state index contributed by atoms with van der Waals surface area (Å²) in [5, 5.41) is 17.6. The molecule has 1 heterocycles. The highest BCUT2D eigenvalue weighted by Crippen LogP contribution is 2.33. The average molecular weight is 543 g/mol. The van der Waals surface area contributed by atoms with Crippen LogP contribution in [0.25, 0.3) is 21.8 Å². The zero-order valence-electron chi connectivity index (χ0n) is 22.3. The lowest BCUT2D eigenvalue weighted by Crippen LogP contribution is -2.13. The molecule has 0 radical (unpaired) electrons. The third-order valence-corrected chi connectivity index (χ3v) is 6.29. The van der Waals surface area contributed by atoms with Gasteiger partial charge in [-0.15, -0.1) is 0 Å². The summed E-state index contributed by atoms with van der Waals surface area (Å²) in [6.07, 6.45) is -0.444. The molecule has 0 atom stereocenters. The monoisotopic (exact) mass is 542 g/mol. The number of carbonyl (C=O) groups excluding carboxylic acids is 1. The van der Waals surface area contributed by atoms with Gasteiger partial charge in [0.2, 0.25) is 0 Å². The van der Waals surface area contributed by atoms with Crippen LogP contribution in [0.5, 0.6) is 0 Å². The second kappa shape index (κ2) is 13.1. The molecule has 0 unspecified atom stereocenters. The molecule has 6 rings (SSSR count). The van der Waals surface area contributed by atoms with Crippen molar-refractivity contribution in [3.8, 4) is 0 Å². The van der Waals surface area contributed by atoms with E-state index in [1.165, 1.54) is 0 Å². The Balaban J connectivity index is 0.000000175. The molecule has 5 N–H and O–H groups in total. The summed E-state index contributed by atoms with van der Waals surface area (Å²) in [6.45, 7) is 0.233. The molecule has 0 saturated heterocycles. The van der Waals surface area contributed by atoms with Crippen molar-refractivity contribution in [1.82, 2.24) is 4.98 Å². The summed E-state index contributed by atoms with van der Waals surface area (Å²) < 4.78 is 5.08. The van der Waals surface area contributed by atoms with Gasteiger partial charge >= 0.3 is 6.09 Å². The Hall–Kier alpha value is -5.40. The Morgan fingerprint density at radius 3 is 1.93 bits per heavy atom. The molecule has 0 bridgehead atoms. The number of hydrogen-bond donors (Lipinski definition) is 4. The molecule has 0 aliphatic heterocycles. The molecule has 7 heteroatoms. The standard InChI is InChI=1S/C20H17N3O.C14H13NO2/c21-14-9-13(12-24)10-15(11-14)22-20-16-5-1-3-7-18(16)23-19-8-4-2-6-17(19)20;16-14(15-13-9-5-2-6-10-13)17-11-12-7-3-1-4-8-12/h1-11,24H,12,21H2,(H,22,23);1-10H,11H2,(H,15,16). The fourth-order valence-electron chi connectivity index (χ4n) is 4.40. The lowest BCUT2D eigenvalue weighted by Gasteiger charge is -2.14. The number of anilines is 4. The second-order valence-electron chi connectivity index (χ2n) is 9.32. The minimum absolute atomic E-state index is 0.0441. The van der Waals surface area contributed by atoms with Gasteiger partial charge in [0.1, 0.15) is 6.61 Å². The minimum atomic E-state index is -0.444. The molecule has 1 aromatic heterocycles. The van der Waals surface area contributed by atoms with Gasteiger partial charge in [0.05, 0.1) is 23.3 Å². The summed E-state index contributed by atoms with van der Waals surface area (Å²) in [5.41, 5.74) is 12.8. The first-order valence-corrected chi connectivity index (χ1v) is 13.2. The average Bonchev–Trinajstić information content (AvgIpc) is 3.01. The number of para-hydroxylation sites is 3. The van der Waals surface area contributed by atoms with Crippen LogP contribution in [0.15, 0.2) is 127 Å². The van der Waals surface area contributed by atoms with Crippen LogP contribution in [0, 0.1) is 0 Å². The molecule has 0 fully saturated rings. The molecule has 6 aromatic rings. The van der Waals surface area contributed by atoms with E-state index in [9.17, 15) is 9.90 Å². The number of aliphatic hydroxyl groups is 1. The smallest absolute Gasteiger partial charge is 0.411 e. The van der Waals surface area contributed by atoms with E-state index >= 15 is 0 Å². The maximum absolute atomic E-state index is 11.5. The zero-order valence-corrected chi connectivity index (χ0v) is 22.3. The van der Waals surface area contributed by atoms with Crippen LogP contribution in [0.1, 0.15) is 11.1 Å². The van der Waals surface area contributed by atoms with E-state index in [1.807, 2.05) is 109 Å². The fourth-order valence-corrected chi connectivity index (χ4v) is 4.40. The van der Waals surface area contributed by atoms with Crippen LogP contribution in [0.2, 0.25) is 0 Å². The Bertz CT molecular complexity index is 1710. The molecule has 5 aromatic carbocycles. The summed E-state index contributed by atoms with van der Waals surface area (Å²) in [5.74, 6) is 0. The molecule has 41 heavy (non-hydrogen) atoms. The molecule has 0 spiro atoms. The summed E-state index contributed by atoms with van der Waals surface area (Å²) in [6, 6.07) is 40.4. The predicted molar refractivity (Wildman–Crippen MR) is 166 cm³/mol. The molecule has 1 amide bonds. The van der Waals surface area contributed by atoms with Crippen molar-refractivity contribution in [3.63, 3.8) is 0 Å². The number of pyridine rings is 1. The van der Waals surface area contributed by atoms with Crippen LogP contribution in [-0.2, 0) is 18.0 Å². The first-order valence-electron chi connectivity index (χ1n) is 13.2. The van der Waals surface area contributed by atoms with E-state index in [-0.39, 0.29) is 13.2 Å². The van der Waals surface area contributed by atoms with Gasteiger partial charge in [-0.05, 0) is 53.6 Å². The van der Waals surface area contributed by atoms with Crippen LogP contribution in [0.3, 0.4) is 0 Å². The minimum Gasteiger partial charge on any atom is -0.444 e. The Kier molecular flexibility index (Phi) is 8.69. The largest absolute Gasteiger partial charge is 0.444 e. The number of carbonyl (C=O) groups is 1. The number of benzene rings is 5. The molecule has 204 valence electrons. The number of rotatable bonds is 6. The van der Waals surface area contributed by atoms with Crippen molar-refractivity contribution >= 4 is 50.6 Å². The Morgan fingerprint density at radius 2 is 1.29 bits per heavy atom. The number of aromatic nitrogens is 1. The Morgan fingerprint density at radius 1 is 0.707 bits per heavy atom. The maximum Gasteiger partial charge on any atom is 0.411 e. The van der Waals surface area contributed by atoms with Gasteiger partial charge in [-0.25, -0.2) is 9.78 Å². The molecular weight excluding hydrogens is 512 g/mol. The van der Waals surface area contributed by atoms with E-state index in [1.54, 1.807) is 6.07 Å². The Labute approximate surface area is 238 Å². The third-order valence-electron chi connectivity index (χ3n) is 6.29. The molecular formula is C34H30N4O3.